The molecule has 0 saturated carbocycles. The molecule has 34 heavy (non-hydrogen) atoms. The molecule has 172 valence electrons. The quantitative estimate of drug-likeness (QED) is 0.432. The maximum Gasteiger partial charge on any atom is 1.00 e. The summed E-state index contributed by atoms with van der Waals surface area (Å²) in [4.78, 5) is 36.0. The molecular weight excluding hydrogens is 459 g/mol. The van der Waals surface area contributed by atoms with E-state index in [9.17, 15) is 33.4 Å². The number of aliphatic carboxylic acids is 1. The molecule has 0 aliphatic carbocycles. The molecule has 8 nitrogen and oxygen atoms in total. The minimum Gasteiger partial charge on any atom is -0.871 e. The molecule has 1 atom stereocenters. The van der Waals surface area contributed by atoms with Crippen LogP contribution in [-0.2, 0) is 11.8 Å². The van der Waals surface area contributed by atoms with Crippen LogP contribution in [-0.4, -0.2) is 21.7 Å². The van der Waals surface area contributed by atoms with Crippen molar-refractivity contribution in [1.29, 1.82) is 0 Å². The van der Waals surface area contributed by atoms with E-state index in [1.807, 2.05) is 0 Å². The molecule has 1 heterocycles. The van der Waals surface area contributed by atoms with Gasteiger partial charge in [-0.05, 0) is 41.8 Å². The molecule has 0 saturated heterocycles. The largest absolute Gasteiger partial charge is 1.00 e. The van der Waals surface area contributed by atoms with E-state index < -0.39 is 53.1 Å². The molecule has 1 aromatic heterocycles. The van der Waals surface area contributed by atoms with Gasteiger partial charge in [0.25, 0.3) is 5.56 Å². The molecule has 0 aliphatic rings. The number of rotatable bonds is 6. The molecule has 2 amide bonds. The summed E-state index contributed by atoms with van der Waals surface area (Å²) in [7, 11) is 1.40. The van der Waals surface area contributed by atoms with Crippen molar-refractivity contribution >= 4 is 17.7 Å². The van der Waals surface area contributed by atoms with Crippen molar-refractivity contribution in [2.24, 2.45) is 7.05 Å². The summed E-state index contributed by atoms with van der Waals surface area (Å²) in [6.45, 7) is 1.70. The van der Waals surface area contributed by atoms with Crippen molar-refractivity contribution in [3.63, 3.8) is 0 Å². The van der Waals surface area contributed by atoms with Crippen LogP contribution in [0.1, 0.15) is 23.6 Å². The summed E-state index contributed by atoms with van der Waals surface area (Å²) >= 11 is 0. The maximum atomic E-state index is 14.3. The van der Waals surface area contributed by atoms with Crippen LogP contribution in [0.15, 0.2) is 53.5 Å². The predicted octanol–water partition coefficient (Wildman–Crippen LogP) is 0.0540. The monoisotopic (exact) mass is 479 g/mol. The molecule has 3 aromatic rings. The SMILES string of the molecule is Cc1ccc([C@H](CC(=O)O)NC(=O)Nc2c([O-])ccn(C)c2=O)cc1-c1ccc(F)cc1F.[Na+]. The van der Waals surface area contributed by atoms with Crippen molar-refractivity contribution < 1.29 is 58.1 Å². The van der Waals surface area contributed by atoms with Crippen molar-refractivity contribution in [1.82, 2.24) is 9.88 Å². The van der Waals surface area contributed by atoms with Gasteiger partial charge in [0.2, 0.25) is 0 Å². The number of pyridine rings is 1. The topological polar surface area (TPSA) is 123 Å². The van der Waals surface area contributed by atoms with Gasteiger partial charge in [-0.25, -0.2) is 13.6 Å². The normalized spacial score (nSPS) is 11.3. The molecule has 3 rings (SSSR count). The Labute approximate surface area is 215 Å². The van der Waals surface area contributed by atoms with Crippen LogP contribution in [0.5, 0.6) is 5.75 Å². The number of carbonyl (C=O) groups is 2. The van der Waals surface area contributed by atoms with Crippen molar-refractivity contribution in [2.45, 2.75) is 19.4 Å². The fraction of sp³-hybridized carbons (Fsp3) is 0.174. The Balaban J connectivity index is 0.00000408. The molecule has 0 unspecified atom stereocenters. The summed E-state index contributed by atoms with van der Waals surface area (Å²) < 4.78 is 28.8. The Morgan fingerprint density at radius 2 is 1.82 bits per heavy atom. The minimum atomic E-state index is -1.23. The number of aromatic nitrogens is 1. The number of anilines is 1. The number of halogens is 2. The number of carbonyl (C=O) groups excluding carboxylic acids is 1. The Kier molecular flexibility index (Phi) is 8.97. The number of hydrogen-bond acceptors (Lipinski definition) is 4. The number of carboxylic acids is 1. The van der Waals surface area contributed by atoms with Gasteiger partial charge in [-0.1, -0.05) is 23.9 Å². The molecule has 0 aliphatic heterocycles. The molecule has 0 bridgehead atoms. The first-order valence-electron chi connectivity index (χ1n) is 9.78. The Bertz CT molecular complexity index is 1300. The van der Waals surface area contributed by atoms with Crippen LogP contribution in [0.2, 0.25) is 0 Å². The van der Waals surface area contributed by atoms with Crippen LogP contribution in [0.4, 0.5) is 19.3 Å². The predicted molar refractivity (Wildman–Crippen MR) is 115 cm³/mol. The fourth-order valence-corrected chi connectivity index (χ4v) is 3.32. The average molecular weight is 479 g/mol. The fourth-order valence-electron chi connectivity index (χ4n) is 3.32. The number of urea groups is 1. The zero-order valence-corrected chi connectivity index (χ0v) is 20.7. The molecule has 0 fully saturated rings. The third kappa shape index (κ3) is 6.22. The smallest absolute Gasteiger partial charge is 0.871 e. The van der Waals surface area contributed by atoms with Gasteiger partial charge >= 0.3 is 41.6 Å². The zero-order valence-electron chi connectivity index (χ0n) is 18.7. The van der Waals surface area contributed by atoms with Gasteiger partial charge < -0.3 is 25.4 Å². The van der Waals surface area contributed by atoms with Gasteiger partial charge in [-0.2, -0.15) is 0 Å². The van der Waals surface area contributed by atoms with Crippen LogP contribution >= 0.6 is 0 Å². The van der Waals surface area contributed by atoms with Crippen molar-refractivity contribution in [3.8, 4) is 16.9 Å². The molecular formula is C23H20F2N3NaO5. The van der Waals surface area contributed by atoms with E-state index in [-0.39, 0.29) is 35.1 Å². The Morgan fingerprint density at radius 1 is 1.12 bits per heavy atom. The second-order valence-electron chi connectivity index (χ2n) is 7.42. The van der Waals surface area contributed by atoms with Crippen molar-refractivity contribution in [2.75, 3.05) is 5.32 Å². The van der Waals surface area contributed by atoms with Gasteiger partial charge in [-0.15, -0.1) is 0 Å². The van der Waals surface area contributed by atoms with Crippen LogP contribution in [0.25, 0.3) is 11.1 Å². The number of hydrogen-bond donors (Lipinski definition) is 3. The van der Waals surface area contributed by atoms with Gasteiger partial charge in [0.15, 0.2) is 0 Å². The average Bonchev–Trinajstić information content (AvgIpc) is 2.74. The number of nitrogens with zero attached hydrogens (tertiary/aromatic N) is 1. The standard InChI is InChI=1S/C23H21F2N3O5.Na/c1-12-3-4-13(9-16(12)15-6-5-14(24)10-17(15)25)18(11-20(30)31)26-23(33)27-21-19(29)7-8-28(2)22(21)32;/h3-10,18,29H,11H2,1-2H3,(H,30,31)(H2,26,27,33);/q;+1/p-1/t18-;/m0./s1. The van der Waals surface area contributed by atoms with E-state index in [4.69, 9.17) is 0 Å². The first kappa shape index (κ1) is 27.0. The third-order valence-corrected chi connectivity index (χ3v) is 5.04. The second-order valence-corrected chi connectivity index (χ2v) is 7.42. The number of nitrogens with one attached hydrogen (secondary N) is 2. The molecule has 0 spiro atoms. The number of aryl methyl sites for hydroxylation is 2. The van der Waals surface area contributed by atoms with Crippen LogP contribution in [0, 0.1) is 18.6 Å². The van der Waals surface area contributed by atoms with E-state index in [1.165, 1.54) is 25.4 Å². The van der Waals surface area contributed by atoms with E-state index in [0.717, 1.165) is 22.8 Å². The van der Waals surface area contributed by atoms with E-state index in [1.54, 1.807) is 19.1 Å². The van der Waals surface area contributed by atoms with Crippen molar-refractivity contribution in [3.05, 3.63) is 81.8 Å². The van der Waals surface area contributed by atoms with Gasteiger partial charge in [0, 0.05) is 24.9 Å². The zero-order chi connectivity index (χ0) is 24.3. The first-order valence-corrected chi connectivity index (χ1v) is 9.78. The van der Waals surface area contributed by atoms with E-state index >= 15 is 0 Å². The molecule has 11 heteroatoms. The summed E-state index contributed by atoms with van der Waals surface area (Å²) in [5.74, 6) is -3.46. The van der Waals surface area contributed by atoms with Crippen LogP contribution < -0.4 is 50.9 Å². The summed E-state index contributed by atoms with van der Waals surface area (Å²) in [6, 6.07) is 6.86. The van der Waals surface area contributed by atoms with Gasteiger partial charge in [0.05, 0.1) is 12.5 Å². The number of carboxylic acid groups (broad SMARTS) is 1. The maximum absolute atomic E-state index is 14.3. The van der Waals surface area contributed by atoms with E-state index in [2.05, 4.69) is 10.6 Å². The molecule has 0 radical (unpaired) electrons. The first-order chi connectivity index (χ1) is 15.6. The summed E-state index contributed by atoms with van der Waals surface area (Å²) in [6.07, 6.45) is 0.724. The summed E-state index contributed by atoms with van der Waals surface area (Å²) in [5, 5.41) is 25.9. The molecule has 2 aromatic carbocycles. The summed E-state index contributed by atoms with van der Waals surface area (Å²) in [5.41, 5.74) is 0.271. The Morgan fingerprint density at radius 3 is 2.47 bits per heavy atom. The van der Waals surface area contributed by atoms with Crippen LogP contribution in [0.3, 0.4) is 0 Å². The Hall–Kier alpha value is -3.21. The van der Waals surface area contributed by atoms with Gasteiger partial charge in [-0.3, -0.25) is 9.59 Å². The van der Waals surface area contributed by atoms with E-state index in [0.29, 0.717) is 16.7 Å². The third-order valence-electron chi connectivity index (χ3n) is 5.04. The van der Waals surface area contributed by atoms with Gasteiger partial charge in [0.1, 0.15) is 17.3 Å². The number of amides is 2. The minimum absolute atomic E-state index is 0. The molecule has 3 N–H and O–H groups in total. The second kappa shape index (κ2) is 11.3. The number of benzene rings is 2.